The molecule has 4 N–H and O–H groups in total. The molecule has 12 heteroatoms. The van der Waals surface area contributed by atoms with E-state index >= 15 is 0 Å². The Morgan fingerprint density at radius 3 is 2.22 bits per heavy atom. The van der Waals surface area contributed by atoms with Crippen LogP contribution in [0.3, 0.4) is 0 Å². The predicted octanol–water partition coefficient (Wildman–Crippen LogP) is 3.43. The van der Waals surface area contributed by atoms with Gasteiger partial charge in [0.05, 0.1) is 17.7 Å². The fourth-order valence-electron chi connectivity index (χ4n) is 3.37. The summed E-state index contributed by atoms with van der Waals surface area (Å²) in [4.78, 5) is 36.3. The van der Waals surface area contributed by atoms with Crippen LogP contribution in [0.4, 0.5) is 23.4 Å². The van der Waals surface area contributed by atoms with E-state index in [1.54, 1.807) is 0 Å². The van der Waals surface area contributed by atoms with Crippen LogP contribution in [0.25, 0.3) is 5.69 Å². The zero-order valence-electron chi connectivity index (χ0n) is 19.8. The van der Waals surface area contributed by atoms with Gasteiger partial charge in [-0.1, -0.05) is 0 Å². The number of aliphatic carboxylic acids is 1. The fourth-order valence-corrected chi connectivity index (χ4v) is 3.37. The Balaban J connectivity index is 1.85. The number of carbonyl (C=O) groups excluding carboxylic acids is 1. The minimum Gasteiger partial charge on any atom is -0.493 e. The Morgan fingerprint density at radius 2 is 1.62 bits per heavy atom. The summed E-state index contributed by atoms with van der Waals surface area (Å²) < 4.78 is 62.9. The van der Waals surface area contributed by atoms with E-state index in [0.29, 0.717) is 17.1 Å². The average molecular weight is 521 g/mol. The Hall–Kier alpha value is -4.19. The SMILES string of the molecule is CC(C)(NCCCOc1cc(F)c(-n2c(N)c(C(=O)c3ccc(F)cc3F)ccc2=O)c(F)c1)C(=O)O. The number of carboxylic acids is 1. The van der Waals surface area contributed by atoms with Gasteiger partial charge in [0, 0.05) is 24.3 Å². The van der Waals surface area contributed by atoms with Crippen LogP contribution in [0.1, 0.15) is 36.2 Å². The van der Waals surface area contributed by atoms with Crippen molar-refractivity contribution >= 4 is 17.6 Å². The zero-order chi connectivity index (χ0) is 27.5. The third kappa shape index (κ3) is 5.97. The first-order chi connectivity index (χ1) is 17.3. The molecule has 0 aliphatic heterocycles. The van der Waals surface area contributed by atoms with Gasteiger partial charge < -0.3 is 20.9 Å². The smallest absolute Gasteiger partial charge is 0.323 e. The molecule has 1 heterocycles. The van der Waals surface area contributed by atoms with Crippen molar-refractivity contribution in [3.05, 3.63) is 87.2 Å². The molecule has 3 rings (SSSR count). The lowest BCUT2D eigenvalue weighted by Crippen LogP contribution is -2.47. The molecule has 0 amide bonds. The van der Waals surface area contributed by atoms with Crippen molar-refractivity contribution in [1.82, 2.24) is 9.88 Å². The van der Waals surface area contributed by atoms with Gasteiger partial charge in [0.15, 0.2) is 17.4 Å². The summed E-state index contributed by atoms with van der Waals surface area (Å²) in [5.41, 5.74) is 1.92. The maximum absolute atomic E-state index is 14.9. The topological polar surface area (TPSA) is 124 Å². The number of nitrogens with two attached hydrogens (primary N) is 1. The molecule has 0 saturated carbocycles. The summed E-state index contributed by atoms with van der Waals surface area (Å²) in [7, 11) is 0. The number of nitrogens with zero attached hydrogens (tertiary/aromatic N) is 1. The van der Waals surface area contributed by atoms with Crippen LogP contribution in [0.5, 0.6) is 5.75 Å². The standard InChI is InChI=1S/C25H23F4N3O5/c1-25(2,24(35)36)31-8-3-9-37-14-11-18(28)21(19(29)12-14)32-20(33)7-6-16(23(32)30)22(34)15-5-4-13(26)10-17(15)27/h4-7,10-12,31H,3,8-9,30H2,1-2H3,(H,35,36). The van der Waals surface area contributed by atoms with E-state index in [-0.39, 0.29) is 18.9 Å². The molecule has 0 fully saturated rings. The third-order valence-electron chi connectivity index (χ3n) is 5.46. The molecular formula is C25H23F4N3O5. The first-order valence-electron chi connectivity index (χ1n) is 11.0. The van der Waals surface area contributed by atoms with Crippen molar-refractivity contribution in [1.29, 1.82) is 0 Å². The summed E-state index contributed by atoms with van der Waals surface area (Å²) in [5, 5.41) is 11.9. The number of carboxylic acid groups (broad SMARTS) is 1. The lowest BCUT2D eigenvalue weighted by Gasteiger charge is -2.21. The van der Waals surface area contributed by atoms with Crippen molar-refractivity contribution in [2.24, 2.45) is 0 Å². The molecule has 0 aliphatic rings. The molecule has 0 radical (unpaired) electrons. The number of benzene rings is 2. The van der Waals surface area contributed by atoms with Crippen LogP contribution < -0.4 is 21.3 Å². The monoisotopic (exact) mass is 521 g/mol. The number of rotatable bonds is 10. The summed E-state index contributed by atoms with van der Waals surface area (Å²) in [6.45, 7) is 3.21. The van der Waals surface area contributed by atoms with E-state index in [1.165, 1.54) is 13.8 Å². The van der Waals surface area contributed by atoms with Gasteiger partial charge in [-0.05, 0) is 45.0 Å². The number of aromatic nitrogens is 1. The molecule has 2 aromatic carbocycles. The number of pyridine rings is 1. The van der Waals surface area contributed by atoms with Gasteiger partial charge in [-0.15, -0.1) is 0 Å². The van der Waals surface area contributed by atoms with Crippen molar-refractivity contribution in [2.45, 2.75) is 25.8 Å². The lowest BCUT2D eigenvalue weighted by atomic mass is 10.0. The van der Waals surface area contributed by atoms with E-state index < -0.39 is 68.8 Å². The summed E-state index contributed by atoms with van der Waals surface area (Å²) >= 11 is 0. The van der Waals surface area contributed by atoms with Crippen LogP contribution >= 0.6 is 0 Å². The molecule has 37 heavy (non-hydrogen) atoms. The molecule has 1 aromatic heterocycles. The molecule has 0 aliphatic carbocycles. The van der Waals surface area contributed by atoms with Gasteiger partial charge in [-0.3, -0.25) is 19.0 Å². The van der Waals surface area contributed by atoms with E-state index in [0.717, 1.165) is 36.4 Å². The number of hydrogen-bond acceptors (Lipinski definition) is 6. The number of ketones is 1. The van der Waals surface area contributed by atoms with Crippen LogP contribution in [0.2, 0.25) is 0 Å². The van der Waals surface area contributed by atoms with Crippen molar-refractivity contribution in [2.75, 3.05) is 18.9 Å². The molecule has 0 spiro atoms. The van der Waals surface area contributed by atoms with E-state index in [1.807, 2.05) is 0 Å². The van der Waals surface area contributed by atoms with Crippen molar-refractivity contribution in [3.63, 3.8) is 0 Å². The van der Waals surface area contributed by atoms with Crippen LogP contribution in [0, 0.1) is 23.3 Å². The Labute approximate surface area is 208 Å². The minimum absolute atomic E-state index is 0.00374. The van der Waals surface area contributed by atoms with E-state index in [9.17, 15) is 31.9 Å². The molecule has 0 saturated heterocycles. The second-order valence-corrected chi connectivity index (χ2v) is 8.55. The molecule has 0 atom stereocenters. The maximum atomic E-state index is 14.9. The van der Waals surface area contributed by atoms with Crippen LogP contribution in [-0.2, 0) is 4.79 Å². The van der Waals surface area contributed by atoms with E-state index in [2.05, 4.69) is 5.32 Å². The second kappa shape index (κ2) is 10.8. The predicted molar refractivity (Wildman–Crippen MR) is 126 cm³/mol. The quantitative estimate of drug-likeness (QED) is 0.212. The van der Waals surface area contributed by atoms with Gasteiger partial charge in [0.2, 0.25) is 0 Å². The highest BCUT2D eigenvalue weighted by molar-refractivity contribution is 6.11. The highest BCUT2D eigenvalue weighted by Crippen LogP contribution is 2.27. The molecule has 196 valence electrons. The van der Waals surface area contributed by atoms with Crippen LogP contribution in [-0.4, -0.2) is 40.1 Å². The largest absolute Gasteiger partial charge is 0.493 e. The lowest BCUT2D eigenvalue weighted by molar-refractivity contribution is -0.143. The number of carbonyl (C=O) groups is 2. The normalized spacial score (nSPS) is 11.4. The first-order valence-corrected chi connectivity index (χ1v) is 11.0. The fraction of sp³-hybridized carbons (Fsp3) is 0.240. The molecule has 3 aromatic rings. The van der Waals surface area contributed by atoms with Crippen molar-refractivity contribution < 1.29 is 37.0 Å². The van der Waals surface area contributed by atoms with Gasteiger partial charge in [-0.2, -0.15) is 0 Å². The molecule has 0 unspecified atom stereocenters. The van der Waals surface area contributed by atoms with Crippen LogP contribution in [0.15, 0.2) is 47.3 Å². The number of halogens is 4. The minimum atomic E-state index is -1.23. The Morgan fingerprint density at radius 1 is 1.00 bits per heavy atom. The molecule has 0 bridgehead atoms. The summed E-state index contributed by atoms with van der Waals surface area (Å²) in [6.07, 6.45) is 0.318. The van der Waals surface area contributed by atoms with Gasteiger partial charge in [0.1, 0.15) is 34.4 Å². The van der Waals surface area contributed by atoms with E-state index in [4.69, 9.17) is 15.6 Å². The summed E-state index contributed by atoms with van der Waals surface area (Å²) in [6, 6.07) is 5.66. The molecular weight excluding hydrogens is 498 g/mol. The highest BCUT2D eigenvalue weighted by Gasteiger charge is 2.26. The number of hydrogen-bond donors (Lipinski definition) is 3. The second-order valence-electron chi connectivity index (χ2n) is 8.55. The molecule has 8 nitrogen and oxygen atoms in total. The number of anilines is 1. The first kappa shape index (κ1) is 27.4. The number of ether oxygens (including phenoxy) is 1. The Kier molecular flexibility index (Phi) is 8.02. The van der Waals surface area contributed by atoms with Gasteiger partial charge in [0.25, 0.3) is 5.56 Å². The van der Waals surface area contributed by atoms with Gasteiger partial charge >= 0.3 is 5.97 Å². The number of nitrogens with one attached hydrogen (secondary N) is 1. The summed E-state index contributed by atoms with van der Waals surface area (Å²) in [5.74, 6) is -7.48. The number of nitrogen functional groups attached to an aromatic ring is 1. The third-order valence-corrected chi connectivity index (χ3v) is 5.46. The Bertz CT molecular complexity index is 1400. The maximum Gasteiger partial charge on any atom is 0.323 e. The zero-order valence-corrected chi connectivity index (χ0v) is 19.8. The van der Waals surface area contributed by atoms with Gasteiger partial charge in [-0.25, -0.2) is 17.6 Å². The highest BCUT2D eigenvalue weighted by atomic mass is 19.1. The average Bonchev–Trinajstić information content (AvgIpc) is 2.80. The van der Waals surface area contributed by atoms with Crippen molar-refractivity contribution in [3.8, 4) is 11.4 Å².